The Labute approximate surface area is 163 Å². The van der Waals surface area contributed by atoms with Crippen LogP contribution in [0.2, 0.25) is 0 Å². The highest BCUT2D eigenvalue weighted by Gasteiger charge is 2.21. The van der Waals surface area contributed by atoms with Crippen LogP contribution in [0.3, 0.4) is 0 Å². The van der Waals surface area contributed by atoms with Gasteiger partial charge in [0.2, 0.25) is 0 Å². The zero-order valence-electron chi connectivity index (χ0n) is 16.1. The lowest BCUT2D eigenvalue weighted by atomic mass is 10.1. The third-order valence-corrected chi connectivity index (χ3v) is 5.44. The number of carbonyl (C=O) groups is 1. The molecular formula is C21H26FN3OS. The normalized spacial score (nSPS) is 11.4. The topological polar surface area (TPSA) is 38.1 Å². The molecule has 0 spiro atoms. The Morgan fingerprint density at radius 1 is 1.30 bits per heavy atom. The Hall–Kier alpha value is -2.21. The van der Waals surface area contributed by atoms with Gasteiger partial charge in [-0.25, -0.2) is 9.37 Å². The molecule has 0 bridgehead atoms. The van der Waals surface area contributed by atoms with Crippen LogP contribution in [0.25, 0.3) is 11.0 Å². The van der Waals surface area contributed by atoms with Gasteiger partial charge in [-0.15, -0.1) is 11.3 Å². The largest absolute Gasteiger partial charge is 0.330 e. The minimum Gasteiger partial charge on any atom is -0.330 e. The number of aryl methyl sites for hydroxylation is 1. The number of amides is 1. The molecule has 0 radical (unpaired) electrons. The van der Waals surface area contributed by atoms with E-state index < -0.39 is 0 Å². The highest BCUT2D eigenvalue weighted by atomic mass is 32.1. The molecule has 0 N–H and O–H groups in total. The molecule has 0 saturated heterocycles. The molecular weight excluding hydrogens is 361 g/mol. The summed E-state index contributed by atoms with van der Waals surface area (Å²) in [7, 11) is 0. The van der Waals surface area contributed by atoms with E-state index in [1.807, 2.05) is 33.0 Å². The van der Waals surface area contributed by atoms with Crippen LogP contribution in [0.4, 0.5) is 4.39 Å². The minimum atomic E-state index is -0.318. The summed E-state index contributed by atoms with van der Waals surface area (Å²) in [5.74, 6) is 0.935. The summed E-state index contributed by atoms with van der Waals surface area (Å²) < 4.78 is 16.3. The molecule has 0 aliphatic heterocycles. The average Bonchev–Trinajstić information content (AvgIpc) is 3.28. The van der Waals surface area contributed by atoms with Gasteiger partial charge in [0, 0.05) is 13.1 Å². The van der Waals surface area contributed by atoms with E-state index in [1.54, 1.807) is 6.07 Å². The summed E-state index contributed by atoms with van der Waals surface area (Å²) in [5, 5.41) is 1.91. The Bertz CT molecular complexity index is 902. The van der Waals surface area contributed by atoms with E-state index in [0.717, 1.165) is 35.6 Å². The fourth-order valence-corrected chi connectivity index (χ4v) is 3.84. The zero-order valence-corrected chi connectivity index (χ0v) is 16.9. The zero-order chi connectivity index (χ0) is 19.4. The van der Waals surface area contributed by atoms with Crippen LogP contribution in [0.5, 0.6) is 0 Å². The van der Waals surface area contributed by atoms with E-state index in [9.17, 15) is 9.18 Å². The Morgan fingerprint density at radius 2 is 2.11 bits per heavy atom. The van der Waals surface area contributed by atoms with Crippen LogP contribution in [0, 0.1) is 11.7 Å². The van der Waals surface area contributed by atoms with Crippen LogP contribution in [-0.2, 0) is 13.1 Å². The third kappa shape index (κ3) is 4.38. The summed E-state index contributed by atoms with van der Waals surface area (Å²) in [6, 6.07) is 8.78. The average molecular weight is 388 g/mol. The van der Waals surface area contributed by atoms with Crippen LogP contribution in [-0.4, -0.2) is 26.9 Å². The lowest BCUT2D eigenvalue weighted by Crippen LogP contribution is -2.32. The monoisotopic (exact) mass is 387 g/mol. The summed E-state index contributed by atoms with van der Waals surface area (Å²) in [4.78, 5) is 20.1. The lowest BCUT2D eigenvalue weighted by Gasteiger charge is -2.23. The number of aromatic nitrogens is 2. The van der Waals surface area contributed by atoms with Crippen molar-refractivity contribution in [2.24, 2.45) is 5.92 Å². The van der Waals surface area contributed by atoms with Crippen molar-refractivity contribution in [1.29, 1.82) is 0 Å². The van der Waals surface area contributed by atoms with E-state index in [0.29, 0.717) is 24.5 Å². The molecule has 2 heterocycles. The van der Waals surface area contributed by atoms with E-state index in [-0.39, 0.29) is 11.7 Å². The van der Waals surface area contributed by atoms with E-state index in [1.165, 1.54) is 17.4 Å². The van der Waals surface area contributed by atoms with Gasteiger partial charge in [-0.3, -0.25) is 4.79 Å². The molecule has 0 aliphatic carbocycles. The third-order valence-electron chi connectivity index (χ3n) is 4.58. The number of hydrogen-bond donors (Lipinski definition) is 0. The molecule has 144 valence electrons. The minimum absolute atomic E-state index is 0.0150. The number of nitrogens with zero attached hydrogens (tertiary/aromatic N) is 3. The maximum atomic E-state index is 14.2. The fourth-order valence-electron chi connectivity index (χ4n) is 3.15. The lowest BCUT2D eigenvalue weighted by molar-refractivity contribution is 0.0734. The summed E-state index contributed by atoms with van der Waals surface area (Å²) in [6.45, 7) is 8.18. The summed E-state index contributed by atoms with van der Waals surface area (Å²) in [6.07, 6.45) is 1.83. The van der Waals surface area contributed by atoms with Crippen molar-refractivity contribution in [2.45, 2.75) is 46.7 Å². The van der Waals surface area contributed by atoms with Crippen molar-refractivity contribution in [3.05, 3.63) is 52.2 Å². The first-order valence-electron chi connectivity index (χ1n) is 9.47. The van der Waals surface area contributed by atoms with Gasteiger partial charge in [0.05, 0.1) is 16.9 Å². The summed E-state index contributed by atoms with van der Waals surface area (Å²) in [5.41, 5.74) is 1.17. The predicted octanol–water partition coefficient (Wildman–Crippen LogP) is 5.34. The van der Waals surface area contributed by atoms with Gasteiger partial charge in [-0.05, 0) is 42.3 Å². The second-order valence-electron chi connectivity index (χ2n) is 7.17. The number of benzene rings is 1. The molecule has 3 rings (SSSR count). The van der Waals surface area contributed by atoms with Crippen LogP contribution >= 0.6 is 11.3 Å². The molecule has 1 aromatic carbocycles. The number of rotatable bonds is 8. The molecule has 4 nitrogen and oxygen atoms in total. The molecule has 6 heteroatoms. The van der Waals surface area contributed by atoms with Crippen molar-refractivity contribution in [3.8, 4) is 0 Å². The standard InChI is InChI=1S/C21H26FN3OS/c1-4-11-25-17-8-5-7-16(22)20(17)23-19(25)14-24(12-10-15(2)3)21(26)18-9-6-13-27-18/h5-9,13,15H,4,10-12,14H2,1-3H3. The van der Waals surface area contributed by atoms with Gasteiger partial charge in [-0.1, -0.05) is 32.9 Å². The number of carbonyl (C=O) groups excluding carboxylic acids is 1. The van der Waals surface area contributed by atoms with Crippen molar-refractivity contribution in [1.82, 2.24) is 14.5 Å². The van der Waals surface area contributed by atoms with Gasteiger partial charge in [0.1, 0.15) is 11.3 Å². The number of halogens is 1. The number of fused-ring (bicyclic) bond motifs is 1. The van der Waals surface area contributed by atoms with Crippen molar-refractivity contribution < 1.29 is 9.18 Å². The van der Waals surface area contributed by atoms with Crippen LogP contribution in [0.15, 0.2) is 35.7 Å². The van der Waals surface area contributed by atoms with Gasteiger partial charge < -0.3 is 9.47 Å². The van der Waals surface area contributed by atoms with Gasteiger partial charge in [0.25, 0.3) is 5.91 Å². The van der Waals surface area contributed by atoms with E-state index >= 15 is 0 Å². The molecule has 0 aliphatic rings. The Morgan fingerprint density at radius 3 is 2.78 bits per heavy atom. The molecule has 0 atom stereocenters. The second kappa shape index (κ2) is 8.65. The first-order valence-corrected chi connectivity index (χ1v) is 10.4. The summed E-state index contributed by atoms with van der Waals surface area (Å²) >= 11 is 1.45. The quantitative estimate of drug-likeness (QED) is 0.523. The van der Waals surface area contributed by atoms with Crippen LogP contribution in [0.1, 0.15) is 49.1 Å². The maximum absolute atomic E-state index is 14.2. The second-order valence-corrected chi connectivity index (χ2v) is 8.12. The number of hydrogen-bond acceptors (Lipinski definition) is 3. The molecule has 0 fully saturated rings. The molecule has 3 aromatic rings. The molecule has 0 saturated carbocycles. The number of para-hydroxylation sites is 1. The van der Waals surface area contributed by atoms with Crippen molar-refractivity contribution in [3.63, 3.8) is 0 Å². The first-order chi connectivity index (χ1) is 13.0. The molecule has 27 heavy (non-hydrogen) atoms. The molecule has 2 aromatic heterocycles. The number of thiophene rings is 1. The van der Waals surface area contributed by atoms with Gasteiger partial charge >= 0.3 is 0 Å². The Balaban J connectivity index is 1.95. The first kappa shape index (κ1) is 19.5. The van der Waals surface area contributed by atoms with Gasteiger partial charge in [-0.2, -0.15) is 0 Å². The fraction of sp³-hybridized carbons (Fsp3) is 0.429. The maximum Gasteiger partial charge on any atom is 0.264 e. The van der Waals surface area contributed by atoms with E-state index in [4.69, 9.17) is 0 Å². The van der Waals surface area contributed by atoms with Gasteiger partial charge in [0.15, 0.2) is 5.82 Å². The predicted molar refractivity (Wildman–Crippen MR) is 108 cm³/mol. The highest BCUT2D eigenvalue weighted by molar-refractivity contribution is 7.12. The molecule has 0 unspecified atom stereocenters. The van der Waals surface area contributed by atoms with Crippen molar-refractivity contribution >= 4 is 28.3 Å². The van der Waals surface area contributed by atoms with E-state index in [2.05, 4.69) is 25.8 Å². The smallest absolute Gasteiger partial charge is 0.264 e. The Kier molecular flexibility index (Phi) is 6.26. The molecule has 1 amide bonds. The number of imidazole rings is 1. The van der Waals surface area contributed by atoms with Crippen molar-refractivity contribution in [2.75, 3.05) is 6.54 Å². The SMILES string of the molecule is CCCn1c(CN(CCC(C)C)C(=O)c2cccs2)nc2c(F)cccc21. The highest BCUT2D eigenvalue weighted by Crippen LogP contribution is 2.22. The van der Waals surface area contributed by atoms with Crippen LogP contribution < -0.4 is 0 Å².